The smallest absolute Gasteiger partial charge is 0.231 e. The van der Waals surface area contributed by atoms with E-state index < -0.39 is 0 Å². The molecule has 0 amide bonds. The van der Waals surface area contributed by atoms with E-state index in [0.29, 0.717) is 6.79 Å². The number of fused-ring (bicyclic) bond motifs is 1. The van der Waals surface area contributed by atoms with Crippen LogP contribution in [0.5, 0.6) is 11.5 Å². The van der Waals surface area contributed by atoms with Crippen LogP contribution in [0.1, 0.15) is 19.8 Å². The van der Waals surface area contributed by atoms with Gasteiger partial charge in [0.1, 0.15) is 0 Å². The highest BCUT2D eigenvalue weighted by Gasteiger charge is 2.26. The molecule has 0 saturated carbocycles. The van der Waals surface area contributed by atoms with Gasteiger partial charge in [-0.05, 0) is 31.9 Å². The molecule has 3 rings (SSSR count). The standard InChI is InChI=1S/C13H18N2O2/c1-13(14)4-6-15(7-5-13)10-2-3-11-12(8-10)17-9-16-11/h2-3,8H,4-7,9,14H2,1H3. The topological polar surface area (TPSA) is 47.7 Å². The summed E-state index contributed by atoms with van der Waals surface area (Å²) in [7, 11) is 0. The van der Waals surface area contributed by atoms with E-state index in [-0.39, 0.29) is 5.54 Å². The van der Waals surface area contributed by atoms with Crippen molar-refractivity contribution in [2.75, 3.05) is 24.8 Å². The Morgan fingerprint density at radius 1 is 1.18 bits per heavy atom. The Balaban J connectivity index is 1.77. The molecule has 0 spiro atoms. The van der Waals surface area contributed by atoms with Gasteiger partial charge < -0.3 is 20.1 Å². The highest BCUT2D eigenvalue weighted by atomic mass is 16.7. The van der Waals surface area contributed by atoms with E-state index in [9.17, 15) is 0 Å². The number of ether oxygens (including phenoxy) is 2. The Hall–Kier alpha value is -1.42. The Labute approximate surface area is 101 Å². The molecule has 0 bridgehead atoms. The van der Waals surface area contributed by atoms with Gasteiger partial charge in [0.05, 0.1) is 0 Å². The minimum atomic E-state index is -0.00710. The van der Waals surface area contributed by atoms with E-state index in [0.717, 1.165) is 37.4 Å². The average molecular weight is 234 g/mol. The van der Waals surface area contributed by atoms with Crippen LogP contribution < -0.4 is 20.1 Å². The first kappa shape index (κ1) is 10.7. The van der Waals surface area contributed by atoms with Crippen LogP contribution in [0.2, 0.25) is 0 Å². The minimum Gasteiger partial charge on any atom is -0.454 e. The zero-order valence-corrected chi connectivity index (χ0v) is 10.1. The van der Waals surface area contributed by atoms with Gasteiger partial charge in [-0.25, -0.2) is 0 Å². The van der Waals surface area contributed by atoms with Gasteiger partial charge in [0, 0.05) is 30.4 Å². The Morgan fingerprint density at radius 3 is 2.65 bits per heavy atom. The van der Waals surface area contributed by atoms with Gasteiger partial charge in [-0.15, -0.1) is 0 Å². The van der Waals surface area contributed by atoms with E-state index in [1.54, 1.807) is 0 Å². The van der Waals surface area contributed by atoms with Crippen LogP contribution in [0.4, 0.5) is 5.69 Å². The molecule has 1 aromatic carbocycles. The van der Waals surface area contributed by atoms with Gasteiger partial charge in [-0.2, -0.15) is 0 Å². The van der Waals surface area contributed by atoms with Crippen molar-refractivity contribution >= 4 is 5.69 Å². The number of piperidine rings is 1. The van der Waals surface area contributed by atoms with Crippen molar-refractivity contribution in [3.8, 4) is 11.5 Å². The summed E-state index contributed by atoms with van der Waals surface area (Å²) in [5.41, 5.74) is 7.33. The molecule has 2 heterocycles. The van der Waals surface area contributed by atoms with Gasteiger partial charge in [0.25, 0.3) is 0 Å². The van der Waals surface area contributed by atoms with Crippen molar-refractivity contribution < 1.29 is 9.47 Å². The SMILES string of the molecule is CC1(N)CCN(c2ccc3c(c2)OCO3)CC1. The molecule has 4 heteroatoms. The minimum absolute atomic E-state index is 0.00710. The van der Waals surface area contributed by atoms with E-state index in [2.05, 4.69) is 24.0 Å². The predicted molar refractivity (Wildman–Crippen MR) is 66.6 cm³/mol. The second-order valence-corrected chi connectivity index (χ2v) is 5.18. The first-order valence-electron chi connectivity index (χ1n) is 6.08. The Kier molecular flexibility index (Phi) is 2.40. The fourth-order valence-corrected chi connectivity index (χ4v) is 2.36. The fraction of sp³-hybridized carbons (Fsp3) is 0.538. The number of hydrogen-bond donors (Lipinski definition) is 1. The number of nitrogens with zero attached hydrogens (tertiary/aromatic N) is 1. The van der Waals surface area contributed by atoms with Crippen LogP contribution >= 0.6 is 0 Å². The molecule has 0 atom stereocenters. The highest BCUT2D eigenvalue weighted by molar-refractivity contribution is 5.57. The molecule has 0 radical (unpaired) electrons. The maximum Gasteiger partial charge on any atom is 0.231 e. The Morgan fingerprint density at radius 2 is 1.88 bits per heavy atom. The third-order valence-electron chi connectivity index (χ3n) is 3.63. The summed E-state index contributed by atoms with van der Waals surface area (Å²) in [5.74, 6) is 1.69. The van der Waals surface area contributed by atoms with Crippen LogP contribution in [-0.4, -0.2) is 25.4 Å². The number of benzene rings is 1. The zero-order chi connectivity index (χ0) is 11.9. The lowest BCUT2D eigenvalue weighted by atomic mass is 9.91. The van der Waals surface area contributed by atoms with Crippen molar-refractivity contribution in [1.29, 1.82) is 0 Å². The van der Waals surface area contributed by atoms with Crippen molar-refractivity contribution in [2.24, 2.45) is 5.73 Å². The van der Waals surface area contributed by atoms with Crippen molar-refractivity contribution in [1.82, 2.24) is 0 Å². The molecule has 2 N–H and O–H groups in total. The van der Waals surface area contributed by atoms with Gasteiger partial charge in [0.15, 0.2) is 11.5 Å². The van der Waals surface area contributed by atoms with Crippen LogP contribution in [-0.2, 0) is 0 Å². The lowest BCUT2D eigenvalue weighted by Gasteiger charge is -2.38. The quantitative estimate of drug-likeness (QED) is 0.804. The second-order valence-electron chi connectivity index (χ2n) is 5.18. The van der Waals surface area contributed by atoms with Crippen LogP contribution in [0.25, 0.3) is 0 Å². The monoisotopic (exact) mass is 234 g/mol. The largest absolute Gasteiger partial charge is 0.454 e. The number of rotatable bonds is 1. The van der Waals surface area contributed by atoms with Crippen molar-refractivity contribution in [2.45, 2.75) is 25.3 Å². The molecule has 1 aromatic rings. The van der Waals surface area contributed by atoms with Crippen LogP contribution in [0, 0.1) is 0 Å². The van der Waals surface area contributed by atoms with E-state index in [4.69, 9.17) is 15.2 Å². The molecule has 0 aromatic heterocycles. The average Bonchev–Trinajstić information content (AvgIpc) is 2.76. The first-order chi connectivity index (χ1) is 8.14. The van der Waals surface area contributed by atoms with E-state index >= 15 is 0 Å². The molecule has 1 fully saturated rings. The summed E-state index contributed by atoms with van der Waals surface area (Å²) in [6.07, 6.45) is 2.06. The second kappa shape index (κ2) is 3.81. The molecule has 17 heavy (non-hydrogen) atoms. The van der Waals surface area contributed by atoms with Crippen LogP contribution in [0.15, 0.2) is 18.2 Å². The van der Waals surface area contributed by atoms with Crippen molar-refractivity contribution in [3.05, 3.63) is 18.2 Å². The van der Waals surface area contributed by atoms with Gasteiger partial charge in [0.2, 0.25) is 6.79 Å². The normalized spacial score (nSPS) is 21.6. The molecule has 2 aliphatic rings. The van der Waals surface area contributed by atoms with Gasteiger partial charge in [-0.1, -0.05) is 0 Å². The molecule has 92 valence electrons. The summed E-state index contributed by atoms with van der Waals surface area (Å²) in [6, 6.07) is 6.13. The summed E-state index contributed by atoms with van der Waals surface area (Å²) in [6.45, 7) is 4.48. The maximum absolute atomic E-state index is 6.14. The van der Waals surface area contributed by atoms with Gasteiger partial charge in [-0.3, -0.25) is 0 Å². The van der Waals surface area contributed by atoms with Crippen molar-refractivity contribution in [3.63, 3.8) is 0 Å². The zero-order valence-electron chi connectivity index (χ0n) is 10.1. The summed E-state index contributed by atoms with van der Waals surface area (Å²) < 4.78 is 10.7. The summed E-state index contributed by atoms with van der Waals surface area (Å²) in [4.78, 5) is 2.36. The maximum atomic E-state index is 6.14. The third kappa shape index (κ3) is 2.05. The van der Waals surface area contributed by atoms with E-state index in [1.165, 1.54) is 5.69 Å². The highest BCUT2D eigenvalue weighted by Crippen LogP contribution is 2.36. The van der Waals surface area contributed by atoms with E-state index in [1.807, 2.05) is 6.07 Å². The third-order valence-corrected chi connectivity index (χ3v) is 3.63. The number of anilines is 1. The number of nitrogens with two attached hydrogens (primary N) is 1. The summed E-state index contributed by atoms with van der Waals surface area (Å²) >= 11 is 0. The lowest BCUT2D eigenvalue weighted by molar-refractivity contribution is 0.174. The molecule has 4 nitrogen and oxygen atoms in total. The molecule has 0 aliphatic carbocycles. The van der Waals surface area contributed by atoms with Gasteiger partial charge >= 0.3 is 0 Å². The molecule has 2 aliphatic heterocycles. The lowest BCUT2D eigenvalue weighted by Crippen LogP contribution is -2.48. The molecular weight excluding hydrogens is 216 g/mol. The molecule has 1 saturated heterocycles. The predicted octanol–water partition coefficient (Wildman–Crippen LogP) is 1.73. The first-order valence-corrected chi connectivity index (χ1v) is 6.08. The molecular formula is C13H18N2O2. The Bertz CT molecular complexity index is 421. The summed E-state index contributed by atoms with van der Waals surface area (Å²) in [5, 5.41) is 0. The molecule has 0 unspecified atom stereocenters. The fourth-order valence-electron chi connectivity index (χ4n) is 2.36. The number of hydrogen-bond acceptors (Lipinski definition) is 4. The van der Waals surface area contributed by atoms with Crippen LogP contribution in [0.3, 0.4) is 0 Å².